The first-order chi connectivity index (χ1) is 10.7. The molecule has 3 rings (SSSR count). The van der Waals surface area contributed by atoms with E-state index in [1.54, 1.807) is 11.9 Å². The molecule has 0 unspecified atom stereocenters. The van der Waals surface area contributed by atoms with E-state index in [4.69, 9.17) is 0 Å². The quantitative estimate of drug-likeness (QED) is 0.879. The fourth-order valence-corrected chi connectivity index (χ4v) is 3.40. The van der Waals surface area contributed by atoms with Crippen LogP contribution in [0.25, 0.3) is 0 Å². The number of hydrogen-bond donors (Lipinski definition) is 2. The van der Waals surface area contributed by atoms with E-state index < -0.39 is 0 Å². The number of rotatable bonds is 2. The maximum Gasteiger partial charge on any atom is 0.321 e. The molecule has 0 spiro atoms. The Balaban J connectivity index is 1.56. The van der Waals surface area contributed by atoms with Crippen LogP contribution in [-0.2, 0) is 17.6 Å². The lowest BCUT2D eigenvalue weighted by atomic mass is 9.96. The van der Waals surface area contributed by atoms with Crippen LogP contribution < -0.4 is 10.6 Å². The number of piperidine rings is 1. The van der Waals surface area contributed by atoms with Crippen molar-refractivity contribution < 1.29 is 9.59 Å². The average Bonchev–Trinajstić information content (AvgIpc) is 3.02. The van der Waals surface area contributed by atoms with Gasteiger partial charge in [0.05, 0.1) is 0 Å². The molecule has 1 aliphatic carbocycles. The second-order valence-corrected chi connectivity index (χ2v) is 6.14. The van der Waals surface area contributed by atoms with E-state index in [0.29, 0.717) is 13.1 Å². The minimum Gasteiger partial charge on any atom is -0.359 e. The Morgan fingerprint density at radius 2 is 1.86 bits per heavy atom. The zero-order chi connectivity index (χ0) is 15.5. The second-order valence-electron chi connectivity index (χ2n) is 6.14. The van der Waals surface area contributed by atoms with E-state index in [-0.39, 0.29) is 17.9 Å². The summed E-state index contributed by atoms with van der Waals surface area (Å²) < 4.78 is 0. The number of benzene rings is 1. The third kappa shape index (κ3) is 3.08. The third-order valence-corrected chi connectivity index (χ3v) is 4.75. The molecule has 0 aromatic heterocycles. The summed E-state index contributed by atoms with van der Waals surface area (Å²) in [4.78, 5) is 25.7. The number of fused-ring (bicyclic) bond motifs is 1. The molecule has 2 aliphatic rings. The van der Waals surface area contributed by atoms with E-state index in [2.05, 4.69) is 22.8 Å². The standard InChI is InChI=1S/C17H23N3O2/c1-18-16(21)13-7-9-20(10-8-13)17(22)19-15-6-5-12-3-2-4-14(12)11-15/h5-6,11,13H,2-4,7-10H2,1H3,(H,18,21)(H,19,22). The molecule has 1 heterocycles. The maximum atomic E-state index is 12.3. The van der Waals surface area contributed by atoms with Crippen molar-refractivity contribution in [2.75, 3.05) is 25.5 Å². The van der Waals surface area contributed by atoms with Crippen molar-refractivity contribution in [3.05, 3.63) is 29.3 Å². The summed E-state index contributed by atoms with van der Waals surface area (Å²) >= 11 is 0. The number of anilines is 1. The van der Waals surface area contributed by atoms with E-state index in [9.17, 15) is 9.59 Å². The molecule has 0 radical (unpaired) electrons. The average molecular weight is 301 g/mol. The van der Waals surface area contributed by atoms with Crippen molar-refractivity contribution in [3.63, 3.8) is 0 Å². The van der Waals surface area contributed by atoms with Gasteiger partial charge in [-0.15, -0.1) is 0 Å². The highest BCUT2D eigenvalue weighted by Crippen LogP contribution is 2.25. The van der Waals surface area contributed by atoms with Crippen LogP contribution in [0.3, 0.4) is 0 Å². The van der Waals surface area contributed by atoms with Crippen molar-refractivity contribution in [1.82, 2.24) is 10.2 Å². The fraction of sp³-hybridized carbons (Fsp3) is 0.529. The van der Waals surface area contributed by atoms with Gasteiger partial charge in [0, 0.05) is 31.7 Å². The monoisotopic (exact) mass is 301 g/mol. The first-order valence-corrected chi connectivity index (χ1v) is 8.06. The number of nitrogens with one attached hydrogen (secondary N) is 2. The van der Waals surface area contributed by atoms with Crippen LogP contribution in [0.2, 0.25) is 0 Å². The third-order valence-electron chi connectivity index (χ3n) is 4.75. The number of likely N-dealkylation sites (tertiary alicyclic amines) is 1. The number of aryl methyl sites for hydroxylation is 2. The molecule has 1 aliphatic heterocycles. The van der Waals surface area contributed by atoms with Crippen LogP contribution in [0.5, 0.6) is 0 Å². The zero-order valence-corrected chi connectivity index (χ0v) is 13.0. The van der Waals surface area contributed by atoms with E-state index in [1.807, 2.05) is 6.07 Å². The summed E-state index contributed by atoms with van der Waals surface area (Å²) in [6.07, 6.45) is 4.93. The van der Waals surface area contributed by atoms with Crippen molar-refractivity contribution in [3.8, 4) is 0 Å². The molecule has 5 heteroatoms. The molecular weight excluding hydrogens is 278 g/mol. The SMILES string of the molecule is CNC(=O)C1CCN(C(=O)Nc2ccc3c(c2)CCC3)CC1. The van der Waals surface area contributed by atoms with Crippen LogP contribution in [0.4, 0.5) is 10.5 Å². The van der Waals surface area contributed by atoms with Crippen LogP contribution in [0.15, 0.2) is 18.2 Å². The van der Waals surface area contributed by atoms with Crippen LogP contribution >= 0.6 is 0 Å². The zero-order valence-electron chi connectivity index (χ0n) is 13.0. The molecule has 118 valence electrons. The molecule has 5 nitrogen and oxygen atoms in total. The van der Waals surface area contributed by atoms with Gasteiger partial charge in [-0.25, -0.2) is 4.79 Å². The van der Waals surface area contributed by atoms with Gasteiger partial charge in [0.1, 0.15) is 0 Å². The molecule has 22 heavy (non-hydrogen) atoms. The second kappa shape index (κ2) is 6.38. The summed E-state index contributed by atoms with van der Waals surface area (Å²) in [5.74, 6) is 0.118. The topological polar surface area (TPSA) is 61.4 Å². The van der Waals surface area contributed by atoms with Gasteiger partial charge in [0.2, 0.25) is 5.91 Å². The molecule has 1 aromatic carbocycles. The predicted octanol–water partition coefficient (Wildman–Crippen LogP) is 2.17. The molecule has 1 saturated heterocycles. The van der Waals surface area contributed by atoms with Gasteiger partial charge in [0.25, 0.3) is 0 Å². The van der Waals surface area contributed by atoms with E-state index in [0.717, 1.165) is 31.4 Å². The van der Waals surface area contributed by atoms with Crippen molar-refractivity contribution in [1.29, 1.82) is 0 Å². The van der Waals surface area contributed by atoms with E-state index in [1.165, 1.54) is 17.5 Å². The maximum absolute atomic E-state index is 12.3. The van der Waals surface area contributed by atoms with Gasteiger partial charge in [-0.1, -0.05) is 6.07 Å². The molecule has 1 fully saturated rings. The summed E-state index contributed by atoms with van der Waals surface area (Å²) in [7, 11) is 1.66. The Morgan fingerprint density at radius 1 is 1.14 bits per heavy atom. The van der Waals surface area contributed by atoms with Crippen molar-refractivity contribution in [2.45, 2.75) is 32.1 Å². The Labute approximate surface area is 131 Å². The molecule has 1 aromatic rings. The molecule has 0 bridgehead atoms. The fourth-order valence-electron chi connectivity index (χ4n) is 3.40. The smallest absolute Gasteiger partial charge is 0.321 e. The lowest BCUT2D eigenvalue weighted by molar-refractivity contribution is -0.125. The van der Waals surface area contributed by atoms with Gasteiger partial charge >= 0.3 is 6.03 Å². The number of urea groups is 1. The molecule has 2 N–H and O–H groups in total. The number of nitrogens with zero attached hydrogens (tertiary/aromatic N) is 1. The van der Waals surface area contributed by atoms with Crippen LogP contribution in [0, 0.1) is 5.92 Å². The Hall–Kier alpha value is -2.04. The highest BCUT2D eigenvalue weighted by atomic mass is 16.2. The van der Waals surface area contributed by atoms with Crippen LogP contribution in [-0.4, -0.2) is 37.0 Å². The minimum absolute atomic E-state index is 0.0362. The van der Waals surface area contributed by atoms with Gasteiger partial charge in [-0.3, -0.25) is 4.79 Å². The van der Waals surface area contributed by atoms with E-state index >= 15 is 0 Å². The Morgan fingerprint density at radius 3 is 2.59 bits per heavy atom. The van der Waals surface area contributed by atoms with Gasteiger partial charge in [-0.05, 0) is 55.4 Å². The van der Waals surface area contributed by atoms with Crippen LogP contribution in [0.1, 0.15) is 30.4 Å². The predicted molar refractivity (Wildman–Crippen MR) is 85.8 cm³/mol. The normalized spacial score (nSPS) is 18.0. The number of hydrogen-bond acceptors (Lipinski definition) is 2. The lowest BCUT2D eigenvalue weighted by Crippen LogP contribution is -2.44. The summed E-state index contributed by atoms with van der Waals surface area (Å²) in [5, 5.41) is 5.67. The van der Waals surface area contributed by atoms with Gasteiger partial charge in [0.15, 0.2) is 0 Å². The molecular formula is C17H23N3O2. The number of carbonyl (C=O) groups excluding carboxylic acids is 2. The van der Waals surface area contributed by atoms with Crippen molar-refractivity contribution in [2.24, 2.45) is 5.92 Å². The summed E-state index contributed by atoms with van der Waals surface area (Å²) in [6.45, 7) is 1.27. The molecule has 3 amide bonds. The Kier molecular flexibility index (Phi) is 4.32. The number of carbonyl (C=O) groups is 2. The number of amides is 3. The van der Waals surface area contributed by atoms with Gasteiger partial charge < -0.3 is 15.5 Å². The highest BCUT2D eigenvalue weighted by molar-refractivity contribution is 5.89. The minimum atomic E-state index is -0.0618. The lowest BCUT2D eigenvalue weighted by Gasteiger charge is -2.31. The first kappa shape index (κ1) is 14.9. The Bertz CT molecular complexity index is 577. The van der Waals surface area contributed by atoms with Crippen molar-refractivity contribution >= 4 is 17.6 Å². The molecule has 0 saturated carbocycles. The summed E-state index contributed by atoms with van der Waals surface area (Å²) in [6, 6.07) is 6.14. The highest BCUT2D eigenvalue weighted by Gasteiger charge is 2.26. The summed E-state index contributed by atoms with van der Waals surface area (Å²) in [5.41, 5.74) is 3.64. The first-order valence-electron chi connectivity index (χ1n) is 8.06. The largest absolute Gasteiger partial charge is 0.359 e. The molecule has 0 atom stereocenters. The van der Waals surface area contributed by atoms with Gasteiger partial charge in [-0.2, -0.15) is 0 Å².